The molecule has 0 radical (unpaired) electrons. The number of fused-ring (bicyclic) bond motifs is 1. The van der Waals surface area contributed by atoms with Crippen LogP contribution >= 0.6 is 0 Å². The van der Waals surface area contributed by atoms with Gasteiger partial charge in [0.1, 0.15) is 0 Å². The highest BCUT2D eigenvalue weighted by molar-refractivity contribution is 5.87. The molecular weight excluding hydrogens is 210 g/mol. The first kappa shape index (κ1) is 12.9. The first-order valence-corrected chi connectivity index (χ1v) is 6.78. The van der Waals surface area contributed by atoms with Gasteiger partial charge in [-0.3, -0.25) is 4.79 Å². The third kappa shape index (κ3) is 1.36. The molecule has 17 heavy (non-hydrogen) atoms. The second kappa shape index (κ2) is 3.07. The Kier molecular flexibility index (Phi) is 2.33. The monoisotopic (exact) mass is 237 g/mol. The summed E-state index contributed by atoms with van der Waals surface area (Å²) in [6.45, 7) is 16.5. The molecule has 2 heterocycles. The average Bonchev–Trinajstić information content (AvgIpc) is 2.27. The Labute approximate surface area is 106 Å². The molecule has 2 fully saturated rings. The molecule has 2 aliphatic rings. The fraction of sp³-hybridized carbons (Fsp3) is 0.933. The van der Waals surface area contributed by atoms with Crippen molar-refractivity contribution in [2.24, 2.45) is 16.2 Å². The molecule has 0 aliphatic carbocycles. The lowest BCUT2D eigenvalue weighted by molar-refractivity contribution is -0.140. The van der Waals surface area contributed by atoms with Gasteiger partial charge in [0.2, 0.25) is 5.91 Å². The highest BCUT2D eigenvalue weighted by atomic mass is 16.2. The fourth-order valence-corrected chi connectivity index (χ4v) is 3.62. The lowest BCUT2D eigenvalue weighted by Gasteiger charge is -2.52. The number of amides is 1. The van der Waals surface area contributed by atoms with Crippen LogP contribution in [0.3, 0.4) is 0 Å². The second-order valence-electron chi connectivity index (χ2n) is 8.08. The molecule has 1 amide bonds. The maximum atomic E-state index is 12.7. The zero-order valence-corrected chi connectivity index (χ0v) is 12.5. The van der Waals surface area contributed by atoms with E-state index in [0.29, 0.717) is 5.91 Å². The van der Waals surface area contributed by atoms with Gasteiger partial charge in [-0.15, -0.1) is 0 Å². The molecule has 2 heteroatoms. The van der Waals surface area contributed by atoms with Crippen LogP contribution in [-0.4, -0.2) is 22.9 Å². The van der Waals surface area contributed by atoms with E-state index in [0.717, 1.165) is 13.0 Å². The number of rotatable bonds is 0. The Balaban J connectivity index is 2.50. The third-order valence-corrected chi connectivity index (χ3v) is 6.16. The van der Waals surface area contributed by atoms with Crippen molar-refractivity contribution in [3.8, 4) is 0 Å². The highest BCUT2D eigenvalue weighted by Gasteiger charge is 2.66. The zero-order valence-electron chi connectivity index (χ0n) is 12.5. The number of hydrogen-bond donors (Lipinski definition) is 0. The standard InChI is InChI=1S/C15H27NO/c1-12(2)8-9-15(7)14(5,6)13(3,4)11(17)16(15)10-12/h8-10H2,1-7H3. The van der Waals surface area contributed by atoms with E-state index in [1.165, 1.54) is 6.42 Å². The molecule has 98 valence electrons. The van der Waals surface area contributed by atoms with Crippen molar-refractivity contribution >= 4 is 5.91 Å². The van der Waals surface area contributed by atoms with Crippen molar-refractivity contribution < 1.29 is 4.79 Å². The maximum Gasteiger partial charge on any atom is 0.229 e. The maximum absolute atomic E-state index is 12.7. The van der Waals surface area contributed by atoms with Crippen molar-refractivity contribution in [1.29, 1.82) is 0 Å². The number of nitrogens with zero attached hydrogens (tertiary/aromatic N) is 1. The van der Waals surface area contributed by atoms with Gasteiger partial charge in [-0.1, -0.05) is 41.5 Å². The van der Waals surface area contributed by atoms with E-state index in [-0.39, 0.29) is 21.8 Å². The van der Waals surface area contributed by atoms with Gasteiger partial charge in [-0.2, -0.15) is 0 Å². The number of carbonyl (C=O) groups is 1. The van der Waals surface area contributed by atoms with Crippen LogP contribution in [-0.2, 0) is 4.79 Å². The summed E-state index contributed by atoms with van der Waals surface area (Å²) < 4.78 is 0. The molecule has 0 bridgehead atoms. The summed E-state index contributed by atoms with van der Waals surface area (Å²) in [4.78, 5) is 14.9. The Morgan fingerprint density at radius 2 is 1.47 bits per heavy atom. The molecule has 0 aromatic heterocycles. The summed E-state index contributed by atoms with van der Waals surface area (Å²) >= 11 is 0. The Bertz CT molecular complexity index is 367. The van der Waals surface area contributed by atoms with Crippen LogP contribution in [0.5, 0.6) is 0 Å². The van der Waals surface area contributed by atoms with Gasteiger partial charge in [-0.05, 0) is 25.2 Å². The van der Waals surface area contributed by atoms with Gasteiger partial charge in [0.15, 0.2) is 0 Å². The van der Waals surface area contributed by atoms with Crippen LogP contribution in [0.15, 0.2) is 0 Å². The minimum Gasteiger partial charge on any atom is -0.336 e. The molecule has 0 aromatic rings. The van der Waals surface area contributed by atoms with Crippen LogP contribution in [0, 0.1) is 16.2 Å². The first-order valence-electron chi connectivity index (χ1n) is 6.78. The smallest absolute Gasteiger partial charge is 0.229 e. The molecule has 2 aliphatic heterocycles. The lowest BCUT2D eigenvalue weighted by atomic mass is 9.58. The SMILES string of the molecule is CC1(C)CCC2(C)N(C1)C(=O)C(C)(C)C2(C)C. The molecular formula is C15H27NO. The van der Waals surface area contributed by atoms with E-state index >= 15 is 0 Å². The van der Waals surface area contributed by atoms with Crippen LogP contribution in [0.4, 0.5) is 0 Å². The summed E-state index contributed by atoms with van der Waals surface area (Å²) in [6.07, 6.45) is 2.34. The van der Waals surface area contributed by atoms with Crippen molar-refractivity contribution in [3.63, 3.8) is 0 Å². The van der Waals surface area contributed by atoms with Crippen LogP contribution in [0.1, 0.15) is 61.3 Å². The predicted molar refractivity (Wildman–Crippen MR) is 70.7 cm³/mol. The van der Waals surface area contributed by atoms with E-state index in [2.05, 4.69) is 53.4 Å². The van der Waals surface area contributed by atoms with E-state index in [4.69, 9.17) is 0 Å². The summed E-state index contributed by atoms with van der Waals surface area (Å²) in [7, 11) is 0. The first-order chi connectivity index (χ1) is 7.46. The Morgan fingerprint density at radius 3 is 2.00 bits per heavy atom. The minimum atomic E-state index is -0.248. The summed E-state index contributed by atoms with van der Waals surface area (Å²) in [5.41, 5.74) is 0.0878. The molecule has 1 atom stereocenters. The topological polar surface area (TPSA) is 20.3 Å². The molecule has 1 unspecified atom stereocenters. The highest BCUT2D eigenvalue weighted by Crippen LogP contribution is 2.61. The van der Waals surface area contributed by atoms with E-state index < -0.39 is 0 Å². The molecule has 0 N–H and O–H groups in total. The van der Waals surface area contributed by atoms with Gasteiger partial charge in [0.25, 0.3) is 0 Å². The van der Waals surface area contributed by atoms with Crippen LogP contribution in [0.25, 0.3) is 0 Å². The van der Waals surface area contributed by atoms with Crippen molar-refractivity contribution in [1.82, 2.24) is 4.90 Å². The fourth-order valence-electron chi connectivity index (χ4n) is 3.62. The molecule has 0 saturated carbocycles. The summed E-state index contributed by atoms with van der Waals surface area (Å²) in [6, 6.07) is 0. The van der Waals surface area contributed by atoms with Gasteiger partial charge in [-0.25, -0.2) is 0 Å². The van der Waals surface area contributed by atoms with E-state index in [1.54, 1.807) is 0 Å². The van der Waals surface area contributed by atoms with Crippen molar-refractivity contribution in [2.45, 2.75) is 66.8 Å². The van der Waals surface area contributed by atoms with Crippen LogP contribution in [0.2, 0.25) is 0 Å². The Hall–Kier alpha value is -0.530. The average molecular weight is 237 g/mol. The van der Waals surface area contributed by atoms with Gasteiger partial charge in [0.05, 0.1) is 5.41 Å². The largest absolute Gasteiger partial charge is 0.336 e. The predicted octanol–water partition coefficient (Wildman–Crippen LogP) is 3.46. The molecule has 0 spiro atoms. The third-order valence-electron chi connectivity index (χ3n) is 6.16. The zero-order chi connectivity index (χ0) is 13.3. The van der Waals surface area contributed by atoms with E-state index in [1.807, 2.05) is 0 Å². The summed E-state index contributed by atoms with van der Waals surface area (Å²) in [5, 5.41) is 0. The van der Waals surface area contributed by atoms with Gasteiger partial charge >= 0.3 is 0 Å². The molecule has 0 aromatic carbocycles. The van der Waals surface area contributed by atoms with Crippen LogP contribution < -0.4 is 0 Å². The molecule has 2 nitrogen and oxygen atoms in total. The molecule has 2 rings (SSSR count). The van der Waals surface area contributed by atoms with Gasteiger partial charge < -0.3 is 4.90 Å². The Morgan fingerprint density at radius 1 is 0.941 bits per heavy atom. The van der Waals surface area contributed by atoms with E-state index in [9.17, 15) is 4.79 Å². The molecule has 2 saturated heterocycles. The van der Waals surface area contributed by atoms with Crippen molar-refractivity contribution in [2.75, 3.05) is 6.54 Å². The normalized spacial score (nSPS) is 38.1. The minimum absolute atomic E-state index is 0.0309. The number of piperidine rings is 1. The quantitative estimate of drug-likeness (QED) is 0.632. The summed E-state index contributed by atoms with van der Waals surface area (Å²) in [5.74, 6) is 0.345. The van der Waals surface area contributed by atoms with Gasteiger partial charge in [0, 0.05) is 17.5 Å². The number of carbonyl (C=O) groups excluding carboxylic acids is 1. The van der Waals surface area contributed by atoms with Crippen molar-refractivity contribution in [3.05, 3.63) is 0 Å². The number of hydrogen-bond acceptors (Lipinski definition) is 1. The second-order valence-corrected chi connectivity index (χ2v) is 8.08. The lowest BCUT2D eigenvalue weighted by Crippen LogP contribution is -2.57.